The number of amides is 1. The van der Waals surface area contributed by atoms with Gasteiger partial charge in [-0.15, -0.1) is 0 Å². The van der Waals surface area contributed by atoms with E-state index in [4.69, 9.17) is 4.74 Å². The molecule has 0 bridgehead atoms. The summed E-state index contributed by atoms with van der Waals surface area (Å²) < 4.78 is 6.23. The first-order valence-corrected chi connectivity index (χ1v) is 9.42. The molecule has 1 amide bonds. The molecule has 2 aliphatic rings. The number of nitrogens with zero attached hydrogens (tertiary/aromatic N) is 1. The number of carboxylic acid groups (broad SMARTS) is 1. The number of benzene rings is 1. The van der Waals surface area contributed by atoms with Crippen LogP contribution < -0.4 is 15.4 Å². The van der Waals surface area contributed by atoms with Crippen molar-refractivity contribution in [3.63, 3.8) is 0 Å². The van der Waals surface area contributed by atoms with Crippen LogP contribution in [0.1, 0.15) is 47.7 Å². The van der Waals surface area contributed by atoms with Crippen LogP contribution in [0.3, 0.4) is 0 Å². The summed E-state index contributed by atoms with van der Waals surface area (Å²) in [6.07, 6.45) is 4.58. The molecule has 142 valence electrons. The number of aromatic carboxylic acids is 1. The Morgan fingerprint density at radius 2 is 1.96 bits per heavy atom. The van der Waals surface area contributed by atoms with Crippen LogP contribution in [0.5, 0.6) is 5.75 Å². The Kier molecular flexibility index (Phi) is 4.94. The third kappa shape index (κ3) is 3.60. The zero-order valence-corrected chi connectivity index (χ0v) is 15.0. The number of rotatable bonds is 4. The van der Waals surface area contributed by atoms with Crippen molar-refractivity contribution >= 4 is 22.6 Å². The van der Waals surface area contributed by atoms with E-state index in [0.717, 1.165) is 42.5 Å². The van der Waals surface area contributed by atoms with Gasteiger partial charge in [-0.3, -0.25) is 4.79 Å². The Balaban J connectivity index is 1.79. The lowest BCUT2D eigenvalue weighted by atomic mass is 9.85. The molecule has 2 aliphatic heterocycles. The Morgan fingerprint density at radius 1 is 1.15 bits per heavy atom. The fourth-order valence-electron chi connectivity index (χ4n) is 4.05. The zero-order chi connectivity index (χ0) is 18.8. The molecule has 0 aliphatic carbocycles. The molecule has 1 unspecified atom stereocenters. The molecule has 0 spiro atoms. The van der Waals surface area contributed by atoms with E-state index >= 15 is 0 Å². The first-order valence-electron chi connectivity index (χ1n) is 9.42. The first kappa shape index (κ1) is 17.7. The standard InChI is InChI=1S/C20H23N3O4/c24-17-10-12(4-9-22-17)18-14-2-1-3-16(27-13-5-7-21-8-6-13)15(14)11-23-19(18)20(25)26/h1-3,11-13,21H,4-10H2,(H,22,24)(H,25,26). The van der Waals surface area contributed by atoms with Crippen molar-refractivity contribution in [3.8, 4) is 5.75 Å². The van der Waals surface area contributed by atoms with Gasteiger partial charge < -0.3 is 20.5 Å². The van der Waals surface area contributed by atoms with Crippen LogP contribution >= 0.6 is 0 Å². The van der Waals surface area contributed by atoms with Crippen molar-refractivity contribution < 1.29 is 19.4 Å². The maximum Gasteiger partial charge on any atom is 0.354 e. The second-order valence-corrected chi connectivity index (χ2v) is 7.15. The number of fused-ring (bicyclic) bond motifs is 1. The van der Waals surface area contributed by atoms with Crippen molar-refractivity contribution in [1.29, 1.82) is 0 Å². The molecule has 0 saturated carbocycles. The van der Waals surface area contributed by atoms with E-state index in [1.807, 2.05) is 18.2 Å². The monoisotopic (exact) mass is 369 g/mol. The number of carboxylic acids is 1. The van der Waals surface area contributed by atoms with E-state index in [-0.39, 0.29) is 30.0 Å². The fraction of sp³-hybridized carbons (Fsp3) is 0.450. The van der Waals surface area contributed by atoms with Crippen molar-refractivity contribution in [2.45, 2.75) is 37.7 Å². The van der Waals surface area contributed by atoms with Crippen molar-refractivity contribution in [3.05, 3.63) is 35.7 Å². The maximum atomic E-state index is 11.9. The van der Waals surface area contributed by atoms with Gasteiger partial charge in [0.05, 0.1) is 0 Å². The van der Waals surface area contributed by atoms with E-state index in [2.05, 4.69) is 15.6 Å². The number of hydrogen-bond donors (Lipinski definition) is 3. The molecule has 4 rings (SSSR count). The molecule has 2 saturated heterocycles. The molecule has 1 atom stereocenters. The van der Waals surface area contributed by atoms with Crippen molar-refractivity contribution in [2.24, 2.45) is 0 Å². The summed E-state index contributed by atoms with van der Waals surface area (Å²) in [6, 6.07) is 5.70. The number of piperidine rings is 2. The van der Waals surface area contributed by atoms with Gasteiger partial charge in [0, 0.05) is 24.5 Å². The second-order valence-electron chi connectivity index (χ2n) is 7.15. The smallest absolute Gasteiger partial charge is 0.354 e. The highest BCUT2D eigenvalue weighted by Gasteiger charge is 2.28. The molecular formula is C20H23N3O4. The minimum Gasteiger partial charge on any atom is -0.490 e. The van der Waals surface area contributed by atoms with Crippen LogP contribution in [-0.2, 0) is 4.79 Å². The number of carbonyl (C=O) groups excluding carboxylic acids is 1. The molecule has 1 aromatic carbocycles. The molecule has 7 nitrogen and oxygen atoms in total. The van der Waals surface area contributed by atoms with Gasteiger partial charge in [0.1, 0.15) is 11.9 Å². The van der Waals surface area contributed by atoms with Gasteiger partial charge >= 0.3 is 5.97 Å². The maximum absolute atomic E-state index is 11.9. The predicted molar refractivity (Wildman–Crippen MR) is 100 cm³/mol. The Morgan fingerprint density at radius 3 is 2.70 bits per heavy atom. The van der Waals surface area contributed by atoms with Crippen LogP contribution in [0.4, 0.5) is 0 Å². The highest BCUT2D eigenvalue weighted by atomic mass is 16.5. The van der Waals surface area contributed by atoms with E-state index in [9.17, 15) is 14.7 Å². The van der Waals surface area contributed by atoms with Crippen molar-refractivity contribution in [1.82, 2.24) is 15.6 Å². The number of ether oxygens (including phenoxy) is 1. The normalized spacial score (nSPS) is 21.0. The highest BCUT2D eigenvalue weighted by molar-refractivity contribution is 5.98. The lowest BCUT2D eigenvalue weighted by Gasteiger charge is -2.26. The quantitative estimate of drug-likeness (QED) is 0.763. The summed E-state index contributed by atoms with van der Waals surface area (Å²) in [7, 11) is 0. The molecule has 3 N–H and O–H groups in total. The molecule has 3 heterocycles. The molecule has 7 heteroatoms. The van der Waals surface area contributed by atoms with Crippen LogP contribution in [-0.4, -0.2) is 47.7 Å². The number of nitrogens with one attached hydrogen (secondary N) is 2. The van der Waals surface area contributed by atoms with Crippen LogP contribution in [0.25, 0.3) is 10.8 Å². The van der Waals surface area contributed by atoms with Gasteiger partial charge in [0.15, 0.2) is 5.69 Å². The van der Waals surface area contributed by atoms with Gasteiger partial charge in [-0.05, 0) is 55.3 Å². The number of pyridine rings is 1. The minimum absolute atomic E-state index is 0.0289. The molecule has 1 aromatic heterocycles. The Labute approximate surface area is 157 Å². The van der Waals surface area contributed by atoms with Gasteiger partial charge in [0.2, 0.25) is 5.91 Å². The topological polar surface area (TPSA) is 101 Å². The Bertz CT molecular complexity index is 877. The van der Waals surface area contributed by atoms with Gasteiger partial charge in [-0.25, -0.2) is 9.78 Å². The van der Waals surface area contributed by atoms with Gasteiger partial charge in [-0.2, -0.15) is 0 Å². The average Bonchev–Trinajstić information content (AvgIpc) is 2.68. The summed E-state index contributed by atoms with van der Waals surface area (Å²) in [5.41, 5.74) is 0.673. The van der Waals surface area contributed by atoms with Gasteiger partial charge in [-0.1, -0.05) is 12.1 Å². The average molecular weight is 369 g/mol. The van der Waals surface area contributed by atoms with E-state index in [0.29, 0.717) is 18.5 Å². The number of hydrogen-bond acceptors (Lipinski definition) is 5. The van der Waals surface area contributed by atoms with Gasteiger partial charge in [0.25, 0.3) is 0 Å². The lowest BCUT2D eigenvalue weighted by Crippen LogP contribution is -2.34. The number of aromatic nitrogens is 1. The molecule has 2 fully saturated rings. The third-order valence-electron chi connectivity index (χ3n) is 5.37. The zero-order valence-electron chi connectivity index (χ0n) is 15.0. The SMILES string of the molecule is O=C1CC(c2c(C(=O)O)ncc3c(OC4CCNCC4)cccc23)CCN1. The number of carbonyl (C=O) groups is 2. The molecular weight excluding hydrogens is 346 g/mol. The van der Waals surface area contributed by atoms with E-state index in [1.54, 1.807) is 6.20 Å². The largest absolute Gasteiger partial charge is 0.490 e. The van der Waals surface area contributed by atoms with E-state index in [1.165, 1.54) is 0 Å². The van der Waals surface area contributed by atoms with Crippen LogP contribution in [0, 0.1) is 0 Å². The summed E-state index contributed by atoms with van der Waals surface area (Å²) in [6.45, 7) is 2.41. The summed E-state index contributed by atoms with van der Waals surface area (Å²) in [5, 5.41) is 17.4. The second kappa shape index (κ2) is 7.52. The summed E-state index contributed by atoms with van der Waals surface area (Å²) in [4.78, 5) is 27.9. The predicted octanol–water partition coefficient (Wildman–Crippen LogP) is 2.06. The third-order valence-corrected chi connectivity index (χ3v) is 5.37. The molecule has 0 radical (unpaired) electrons. The first-order chi connectivity index (χ1) is 13.1. The fourth-order valence-corrected chi connectivity index (χ4v) is 4.05. The summed E-state index contributed by atoms with van der Waals surface area (Å²) >= 11 is 0. The van der Waals surface area contributed by atoms with Crippen LogP contribution in [0.2, 0.25) is 0 Å². The van der Waals surface area contributed by atoms with E-state index < -0.39 is 5.97 Å². The lowest BCUT2D eigenvalue weighted by molar-refractivity contribution is -0.122. The summed E-state index contributed by atoms with van der Waals surface area (Å²) in [5.74, 6) is -0.551. The molecule has 2 aromatic rings. The van der Waals surface area contributed by atoms with Crippen LogP contribution in [0.15, 0.2) is 24.4 Å². The highest BCUT2D eigenvalue weighted by Crippen LogP contribution is 2.37. The Hall–Kier alpha value is -2.67. The minimum atomic E-state index is -1.07. The molecule has 27 heavy (non-hydrogen) atoms. The van der Waals surface area contributed by atoms with Crippen molar-refractivity contribution in [2.75, 3.05) is 19.6 Å².